The van der Waals surface area contributed by atoms with Gasteiger partial charge in [0.15, 0.2) is 0 Å². The van der Waals surface area contributed by atoms with E-state index in [-0.39, 0.29) is 23.1 Å². The SMILES string of the molecule is N=C(N)NO[Si](O)(O)O.[MgH2]. The number of hydroxylamine groups is 1. The van der Waals surface area contributed by atoms with E-state index in [9.17, 15) is 0 Å². The topological polar surface area (TPSA) is 132 Å². The fraction of sp³-hybridized carbons (Fsp3) is 0. The third kappa shape index (κ3) is 11.0. The molecule has 7 nitrogen and oxygen atoms in total. The van der Waals surface area contributed by atoms with E-state index >= 15 is 0 Å². The molecule has 0 aliphatic carbocycles. The van der Waals surface area contributed by atoms with Crippen LogP contribution in [0.2, 0.25) is 0 Å². The minimum atomic E-state index is -4.55. The van der Waals surface area contributed by atoms with E-state index in [1.807, 2.05) is 0 Å². The molecule has 0 radical (unpaired) electrons. The van der Waals surface area contributed by atoms with Crippen molar-refractivity contribution in [2.45, 2.75) is 0 Å². The Morgan fingerprint density at radius 2 is 1.90 bits per heavy atom. The quantitative estimate of drug-likeness (QED) is 0.111. The molecule has 10 heavy (non-hydrogen) atoms. The highest BCUT2D eigenvalue weighted by Crippen LogP contribution is 1.81. The zero-order valence-corrected chi connectivity index (χ0v) is 5.33. The van der Waals surface area contributed by atoms with Crippen molar-refractivity contribution in [1.82, 2.24) is 5.48 Å². The summed E-state index contributed by atoms with van der Waals surface area (Å²) in [7, 11) is -4.55. The van der Waals surface area contributed by atoms with Crippen LogP contribution >= 0.6 is 0 Å². The molecule has 0 aromatic rings. The van der Waals surface area contributed by atoms with Crippen LogP contribution in [-0.4, -0.2) is 52.4 Å². The molecule has 0 aliphatic heterocycles. The molecule has 58 valence electrons. The van der Waals surface area contributed by atoms with Crippen molar-refractivity contribution in [2.24, 2.45) is 5.73 Å². The Morgan fingerprint density at radius 1 is 1.50 bits per heavy atom. The maximum Gasteiger partial charge on any atom is 0.693 e. The van der Waals surface area contributed by atoms with Gasteiger partial charge in [-0.25, -0.2) is 10.0 Å². The van der Waals surface area contributed by atoms with Gasteiger partial charge in [0.05, 0.1) is 0 Å². The summed E-state index contributed by atoms with van der Waals surface area (Å²) in [5.74, 6) is -0.621. The molecule has 7 N–H and O–H groups in total. The van der Waals surface area contributed by atoms with Crippen LogP contribution < -0.4 is 11.2 Å². The molecule has 0 unspecified atom stereocenters. The zero-order chi connectivity index (χ0) is 7.49. The van der Waals surface area contributed by atoms with Crippen molar-refractivity contribution in [3.8, 4) is 0 Å². The van der Waals surface area contributed by atoms with Gasteiger partial charge in [-0.2, -0.15) is 0 Å². The highest BCUT2D eigenvalue weighted by atomic mass is 28.4. The number of nitrogens with one attached hydrogen (secondary N) is 2. The van der Waals surface area contributed by atoms with Crippen LogP contribution in [-0.2, 0) is 4.53 Å². The zero-order valence-electron chi connectivity index (χ0n) is 4.33. The number of nitrogens with two attached hydrogens (primary N) is 1. The second kappa shape index (κ2) is 4.84. The van der Waals surface area contributed by atoms with Crippen molar-refractivity contribution in [3.63, 3.8) is 0 Å². The Morgan fingerprint density at radius 3 is 2.00 bits per heavy atom. The van der Waals surface area contributed by atoms with Gasteiger partial charge in [-0.05, 0) is 0 Å². The molecule has 0 saturated heterocycles. The fourth-order valence-electron chi connectivity index (χ4n) is 0.123. The standard InChI is InChI=1S/CH7N3O4Si.Mg.2H/c2-1(3)4-8-9(5,6)7;;;/h5-7H,(H4,2,3,4);;;. The molecule has 0 fully saturated rings. The predicted molar refractivity (Wildman–Crippen MR) is 37.1 cm³/mol. The first-order valence-corrected chi connectivity index (χ1v) is 3.62. The number of rotatable bonds is 2. The lowest BCUT2D eigenvalue weighted by Gasteiger charge is -2.08. The molecule has 0 aliphatic rings. The fourth-order valence-corrected chi connectivity index (χ4v) is 0.370. The number of hydrogen-bond acceptors (Lipinski definition) is 5. The van der Waals surface area contributed by atoms with Crippen molar-refractivity contribution in [1.29, 1.82) is 5.41 Å². The predicted octanol–water partition coefficient (Wildman–Crippen LogP) is -4.10. The third-order valence-electron chi connectivity index (χ3n) is 0.298. The van der Waals surface area contributed by atoms with Gasteiger partial charge in [0, 0.05) is 0 Å². The van der Waals surface area contributed by atoms with Crippen LogP contribution in [0.5, 0.6) is 0 Å². The van der Waals surface area contributed by atoms with Crippen LogP contribution in [0.3, 0.4) is 0 Å². The van der Waals surface area contributed by atoms with Gasteiger partial charge in [0.1, 0.15) is 0 Å². The molecule has 0 bridgehead atoms. The molecule has 0 heterocycles. The lowest BCUT2D eigenvalue weighted by Crippen LogP contribution is -2.47. The van der Waals surface area contributed by atoms with Gasteiger partial charge in [0.2, 0.25) is 5.96 Å². The van der Waals surface area contributed by atoms with E-state index in [1.165, 1.54) is 0 Å². The van der Waals surface area contributed by atoms with E-state index < -0.39 is 15.0 Å². The van der Waals surface area contributed by atoms with Crippen molar-refractivity contribution >= 4 is 38.1 Å². The van der Waals surface area contributed by atoms with Crippen molar-refractivity contribution < 1.29 is 18.9 Å². The van der Waals surface area contributed by atoms with Gasteiger partial charge in [0.25, 0.3) is 0 Å². The highest BCUT2D eigenvalue weighted by Gasteiger charge is 2.31. The van der Waals surface area contributed by atoms with Gasteiger partial charge in [-0.1, -0.05) is 0 Å². The lowest BCUT2D eigenvalue weighted by molar-refractivity contribution is 0.0376. The minimum absolute atomic E-state index is 0. The average molecular weight is 179 g/mol. The molecule has 0 aromatic heterocycles. The Kier molecular flexibility index (Phi) is 6.17. The van der Waals surface area contributed by atoms with E-state index in [1.54, 1.807) is 5.48 Å². The molecular formula is CH9MgN3O4Si. The van der Waals surface area contributed by atoms with Gasteiger partial charge < -0.3 is 20.1 Å². The molecule has 0 saturated carbocycles. The Balaban J connectivity index is 0. The Labute approximate surface area is 73.9 Å². The summed E-state index contributed by atoms with van der Waals surface area (Å²) in [5.41, 5.74) is 6.19. The summed E-state index contributed by atoms with van der Waals surface area (Å²) < 4.78 is 3.70. The Hall–Kier alpha value is 0.0931. The Bertz CT molecular complexity index is 114. The van der Waals surface area contributed by atoms with Crippen LogP contribution in [0.1, 0.15) is 0 Å². The largest absolute Gasteiger partial charge is 0.693 e. The average Bonchev–Trinajstić information content (AvgIpc) is 1.59. The summed E-state index contributed by atoms with van der Waals surface area (Å²) in [6.45, 7) is 0. The first kappa shape index (κ1) is 12.7. The summed E-state index contributed by atoms with van der Waals surface area (Å²) in [6, 6.07) is 0. The maximum atomic E-state index is 8.08. The molecular weight excluding hydrogens is 170 g/mol. The summed E-state index contributed by atoms with van der Waals surface area (Å²) in [4.78, 5) is 24.2. The van der Waals surface area contributed by atoms with E-state index in [0.717, 1.165) is 0 Å². The van der Waals surface area contributed by atoms with Crippen LogP contribution in [0.4, 0.5) is 0 Å². The molecule has 9 heteroatoms. The first-order chi connectivity index (χ1) is 3.92. The van der Waals surface area contributed by atoms with Crippen LogP contribution in [0.15, 0.2) is 0 Å². The van der Waals surface area contributed by atoms with Gasteiger partial charge >= 0.3 is 32.1 Å². The van der Waals surface area contributed by atoms with Crippen LogP contribution in [0, 0.1) is 5.41 Å². The number of hydrogen-bond donors (Lipinski definition) is 6. The summed E-state index contributed by atoms with van der Waals surface area (Å²) in [6.07, 6.45) is 0. The monoisotopic (exact) mass is 179 g/mol. The smallest absolute Gasteiger partial charge is 0.368 e. The second-order valence-corrected chi connectivity index (χ2v) is 2.54. The maximum absolute atomic E-state index is 8.08. The molecule has 0 aromatic carbocycles. The normalized spacial score (nSPS) is 9.90. The van der Waals surface area contributed by atoms with Gasteiger partial charge in [-0.3, -0.25) is 5.41 Å². The van der Waals surface area contributed by atoms with E-state index in [2.05, 4.69) is 10.3 Å². The van der Waals surface area contributed by atoms with Crippen LogP contribution in [0.25, 0.3) is 0 Å². The lowest BCUT2D eigenvalue weighted by atomic mass is 11.1. The van der Waals surface area contributed by atoms with Crippen molar-refractivity contribution in [3.05, 3.63) is 0 Å². The van der Waals surface area contributed by atoms with Gasteiger partial charge in [-0.15, -0.1) is 0 Å². The third-order valence-corrected chi connectivity index (χ3v) is 0.674. The molecule has 0 rings (SSSR count). The second-order valence-electron chi connectivity index (χ2n) is 1.19. The summed E-state index contributed by atoms with van der Waals surface area (Å²) in [5, 5.41) is 6.40. The summed E-state index contributed by atoms with van der Waals surface area (Å²) >= 11 is 0. The molecule has 0 amide bonds. The molecule has 0 atom stereocenters. The van der Waals surface area contributed by atoms with Crippen molar-refractivity contribution in [2.75, 3.05) is 0 Å². The van der Waals surface area contributed by atoms with E-state index in [0.29, 0.717) is 0 Å². The van der Waals surface area contributed by atoms with E-state index in [4.69, 9.17) is 19.8 Å². The minimum Gasteiger partial charge on any atom is -0.368 e. The highest BCUT2D eigenvalue weighted by molar-refractivity contribution is 6.48. The first-order valence-electron chi connectivity index (χ1n) is 1.87. The molecule has 0 spiro atoms. The number of guanidine groups is 1.